The normalized spacial score (nSPS) is 19.3. The minimum atomic E-state index is -0.324. The summed E-state index contributed by atoms with van der Waals surface area (Å²) >= 11 is 0. The van der Waals surface area contributed by atoms with Crippen LogP contribution in [0.5, 0.6) is 0 Å². The molecule has 0 spiro atoms. The number of carbonyl (C=O) groups is 2. The molecule has 1 aromatic rings. The second kappa shape index (κ2) is 7.43. The lowest BCUT2D eigenvalue weighted by Crippen LogP contribution is -2.17. The summed E-state index contributed by atoms with van der Waals surface area (Å²) in [6.45, 7) is 1.40. The highest BCUT2D eigenvalue weighted by Crippen LogP contribution is 2.22. The third-order valence-corrected chi connectivity index (χ3v) is 3.07. The van der Waals surface area contributed by atoms with E-state index < -0.39 is 0 Å². The van der Waals surface area contributed by atoms with Gasteiger partial charge in [0.2, 0.25) is 0 Å². The number of carbonyl (C=O) groups excluding carboxylic acids is 2. The Kier molecular flexibility index (Phi) is 5.32. The molecule has 0 saturated heterocycles. The first-order valence-electron chi connectivity index (χ1n) is 6.91. The largest absolute Gasteiger partial charge is 0.457 e. The number of hydrogen-bond donors (Lipinski definition) is 0. The van der Waals surface area contributed by atoms with Gasteiger partial charge in [0.15, 0.2) is 0 Å². The lowest BCUT2D eigenvalue weighted by atomic mass is 10.1. The number of ether oxygens (including phenoxy) is 2. The molecule has 2 rings (SSSR count). The first kappa shape index (κ1) is 15.0. The van der Waals surface area contributed by atoms with Crippen molar-refractivity contribution >= 4 is 11.9 Å². The summed E-state index contributed by atoms with van der Waals surface area (Å²) in [6.07, 6.45) is 7.59. The molecule has 0 radical (unpaired) electrons. The molecule has 0 amide bonds. The van der Waals surface area contributed by atoms with E-state index in [1.807, 2.05) is 42.5 Å². The van der Waals surface area contributed by atoms with E-state index in [1.165, 1.54) is 13.0 Å². The maximum Gasteiger partial charge on any atom is 0.331 e. The quantitative estimate of drug-likeness (QED) is 0.616. The molecule has 1 aliphatic heterocycles. The van der Waals surface area contributed by atoms with Crippen molar-refractivity contribution in [3.8, 4) is 0 Å². The van der Waals surface area contributed by atoms with E-state index in [4.69, 9.17) is 9.47 Å². The zero-order valence-corrected chi connectivity index (χ0v) is 11.9. The molecule has 0 fully saturated rings. The molecule has 4 heteroatoms. The average molecular weight is 286 g/mol. The second-order valence-electron chi connectivity index (χ2n) is 4.79. The Morgan fingerprint density at radius 3 is 2.86 bits per heavy atom. The van der Waals surface area contributed by atoms with Crippen LogP contribution in [0, 0.1) is 0 Å². The fourth-order valence-corrected chi connectivity index (χ4v) is 2.13. The summed E-state index contributed by atoms with van der Waals surface area (Å²) in [5, 5.41) is 0. The number of cyclic esters (lactones) is 1. The maximum absolute atomic E-state index is 11.2. The molecule has 0 N–H and O–H groups in total. The molecule has 0 aliphatic carbocycles. The SMILES string of the molecule is CC(=O)O[C@H](CC=C[C@H]1CC=CC(=O)O1)c1ccccc1. The lowest BCUT2D eigenvalue weighted by Gasteiger charge is -2.17. The summed E-state index contributed by atoms with van der Waals surface area (Å²) in [5.41, 5.74) is 0.942. The third kappa shape index (κ3) is 4.91. The molecule has 0 saturated carbocycles. The van der Waals surface area contributed by atoms with E-state index in [1.54, 1.807) is 6.08 Å². The summed E-state index contributed by atoms with van der Waals surface area (Å²) < 4.78 is 10.5. The molecular weight excluding hydrogens is 268 g/mol. The zero-order chi connectivity index (χ0) is 15.1. The highest BCUT2D eigenvalue weighted by atomic mass is 16.5. The number of esters is 2. The molecule has 21 heavy (non-hydrogen) atoms. The Morgan fingerprint density at radius 1 is 1.43 bits per heavy atom. The maximum atomic E-state index is 11.2. The van der Waals surface area contributed by atoms with Crippen LogP contribution in [-0.2, 0) is 19.1 Å². The lowest BCUT2D eigenvalue weighted by molar-refractivity contribution is -0.146. The fraction of sp³-hybridized carbons (Fsp3) is 0.294. The van der Waals surface area contributed by atoms with Gasteiger partial charge in [0.1, 0.15) is 12.2 Å². The average Bonchev–Trinajstić information content (AvgIpc) is 2.47. The van der Waals surface area contributed by atoms with E-state index in [0.717, 1.165) is 5.56 Å². The van der Waals surface area contributed by atoms with Gasteiger partial charge in [-0.15, -0.1) is 0 Å². The van der Waals surface area contributed by atoms with Gasteiger partial charge in [-0.1, -0.05) is 42.5 Å². The van der Waals surface area contributed by atoms with Crippen molar-refractivity contribution < 1.29 is 19.1 Å². The molecular formula is C17H18O4. The highest BCUT2D eigenvalue weighted by Gasteiger charge is 2.15. The molecule has 2 atom stereocenters. The van der Waals surface area contributed by atoms with E-state index >= 15 is 0 Å². The second-order valence-corrected chi connectivity index (χ2v) is 4.79. The van der Waals surface area contributed by atoms with Crippen LogP contribution in [0.3, 0.4) is 0 Å². The molecule has 1 heterocycles. The van der Waals surface area contributed by atoms with E-state index in [9.17, 15) is 9.59 Å². The molecule has 0 bridgehead atoms. The Hall–Kier alpha value is -2.36. The van der Waals surface area contributed by atoms with Gasteiger partial charge in [-0.3, -0.25) is 4.79 Å². The summed E-state index contributed by atoms with van der Waals surface area (Å²) in [5.74, 6) is -0.639. The predicted octanol–water partition coefficient (Wildman–Crippen LogP) is 3.11. The van der Waals surface area contributed by atoms with Crippen molar-refractivity contribution in [1.82, 2.24) is 0 Å². The smallest absolute Gasteiger partial charge is 0.331 e. The van der Waals surface area contributed by atoms with Crippen LogP contribution < -0.4 is 0 Å². The van der Waals surface area contributed by atoms with Crippen LogP contribution in [0.15, 0.2) is 54.6 Å². The minimum Gasteiger partial charge on any atom is -0.457 e. The Labute approximate surface area is 124 Å². The summed E-state index contributed by atoms with van der Waals surface area (Å²) in [7, 11) is 0. The Bertz CT molecular complexity index is 545. The van der Waals surface area contributed by atoms with Gasteiger partial charge in [0.25, 0.3) is 0 Å². The van der Waals surface area contributed by atoms with Gasteiger partial charge in [-0.05, 0) is 11.6 Å². The van der Waals surface area contributed by atoms with Crippen LogP contribution in [0.1, 0.15) is 31.4 Å². The summed E-state index contributed by atoms with van der Waals surface area (Å²) in [6, 6.07) is 9.57. The van der Waals surface area contributed by atoms with Crippen LogP contribution >= 0.6 is 0 Å². The van der Waals surface area contributed by atoms with Crippen LogP contribution in [0.4, 0.5) is 0 Å². The zero-order valence-electron chi connectivity index (χ0n) is 11.9. The van der Waals surface area contributed by atoms with Gasteiger partial charge in [0.05, 0.1) is 0 Å². The molecule has 110 valence electrons. The van der Waals surface area contributed by atoms with Crippen molar-refractivity contribution in [2.75, 3.05) is 0 Å². The van der Waals surface area contributed by atoms with Crippen molar-refractivity contribution in [1.29, 1.82) is 0 Å². The molecule has 0 aromatic heterocycles. The first-order chi connectivity index (χ1) is 10.1. The van der Waals surface area contributed by atoms with Gasteiger partial charge in [0, 0.05) is 25.8 Å². The molecule has 0 unspecified atom stereocenters. The number of rotatable bonds is 5. The Morgan fingerprint density at radius 2 is 2.19 bits per heavy atom. The molecule has 1 aliphatic rings. The van der Waals surface area contributed by atoms with E-state index in [2.05, 4.69) is 0 Å². The van der Waals surface area contributed by atoms with Crippen LogP contribution in [0.25, 0.3) is 0 Å². The van der Waals surface area contributed by atoms with Crippen molar-refractivity contribution in [3.05, 3.63) is 60.2 Å². The first-order valence-corrected chi connectivity index (χ1v) is 6.91. The van der Waals surface area contributed by atoms with Crippen molar-refractivity contribution in [3.63, 3.8) is 0 Å². The molecule has 4 nitrogen and oxygen atoms in total. The van der Waals surface area contributed by atoms with Gasteiger partial charge in [-0.25, -0.2) is 4.79 Å². The minimum absolute atomic E-state index is 0.240. The van der Waals surface area contributed by atoms with E-state index in [-0.39, 0.29) is 24.1 Å². The van der Waals surface area contributed by atoms with Crippen LogP contribution in [-0.4, -0.2) is 18.0 Å². The number of benzene rings is 1. The van der Waals surface area contributed by atoms with Gasteiger partial charge in [-0.2, -0.15) is 0 Å². The monoisotopic (exact) mass is 286 g/mol. The van der Waals surface area contributed by atoms with Crippen molar-refractivity contribution in [2.45, 2.75) is 32.0 Å². The van der Waals surface area contributed by atoms with Crippen molar-refractivity contribution in [2.24, 2.45) is 0 Å². The topological polar surface area (TPSA) is 52.6 Å². The van der Waals surface area contributed by atoms with Gasteiger partial charge < -0.3 is 9.47 Å². The highest BCUT2D eigenvalue weighted by molar-refractivity contribution is 5.82. The number of hydrogen-bond acceptors (Lipinski definition) is 4. The summed E-state index contributed by atoms with van der Waals surface area (Å²) in [4.78, 5) is 22.3. The fourth-order valence-electron chi connectivity index (χ4n) is 2.13. The van der Waals surface area contributed by atoms with E-state index in [0.29, 0.717) is 12.8 Å². The van der Waals surface area contributed by atoms with Gasteiger partial charge >= 0.3 is 11.9 Å². The van der Waals surface area contributed by atoms with Crippen LogP contribution in [0.2, 0.25) is 0 Å². The Balaban J connectivity index is 1.97. The molecule has 1 aromatic carbocycles. The predicted molar refractivity (Wildman–Crippen MR) is 78.3 cm³/mol. The third-order valence-electron chi connectivity index (χ3n) is 3.07. The standard InChI is InChI=1S/C17H18O4/c1-13(18)20-16(14-7-3-2-4-8-14)11-5-9-15-10-6-12-17(19)21-15/h2-9,12,15-16H,10-11H2,1H3/t15-,16+/m0/s1.